The van der Waals surface area contributed by atoms with E-state index < -0.39 is 4.92 Å². The number of hydrogen-bond acceptors (Lipinski definition) is 7. The number of hydrogen-bond donors (Lipinski definition) is 1. The van der Waals surface area contributed by atoms with Crippen LogP contribution in [0.5, 0.6) is 0 Å². The lowest BCUT2D eigenvalue weighted by Gasteiger charge is -2.35. The fourth-order valence-electron chi connectivity index (χ4n) is 4.21. The van der Waals surface area contributed by atoms with Crippen molar-refractivity contribution in [3.8, 4) is 6.07 Å². The van der Waals surface area contributed by atoms with Crippen molar-refractivity contribution in [2.75, 3.05) is 42.9 Å². The van der Waals surface area contributed by atoms with E-state index >= 15 is 0 Å². The first-order valence-corrected chi connectivity index (χ1v) is 11.0. The zero-order valence-corrected chi connectivity index (χ0v) is 19.2. The zero-order chi connectivity index (χ0) is 24.2. The molecule has 0 atom stereocenters. The van der Waals surface area contributed by atoms with Crippen LogP contribution < -0.4 is 10.2 Å². The fraction of sp³-hybridized carbons (Fsp3) is 0.333. The summed E-state index contributed by atoms with van der Waals surface area (Å²) >= 11 is 0. The molecule has 0 bridgehead atoms. The van der Waals surface area contributed by atoms with Gasteiger partial charge in [0.2, 0.25) is 5.91 Å². The summed E-state index contributed by atoms with van der Waals surface area (Å²) in [4.78, 5) is 27.5. The third-order valence-electron chi connectivity index (χ3n) is 6.26. The number of nitriles is 1. The maximum Gasteiger partial charge on any atom is 0.269 e. The lowest BCUT2D eigenvalue weighted by molar-refractivity contribution is -0.384. The third kappa shape index (κ3) is 4.79. The van der Waals surface area contributed by atoms with Crippen LogP contribution in [0.4, 0.5) is 17.2 Å². The molecule has 1 amide bonds. The van der Waals surface area contributed by atoms with Crippen LogP contribution in [-0.4, -0.2) is 53.0 Å². The van der Waals surface area contributed by atoms with Crippen LogP contribution in [-0.2, 0) is 11.3 Å². The molecular weight excluding hydrogens is 436 g/mol. The highest BCUT2D eigenvalue weighted by Crippen LogP contribution is 2.27. The Labute approximate surface area is 197 Å². The second kappa shape index (κ2) is 9.80. The van der Waals surface area contributed by atoms with Crippen molar-refractivity contribution in [1.29, 1.82) is 5.26 Å². The Morgan fingerprint density at radius 2 is 1.88 bits per heavy atom. The van der Waals surface area contributed by atoms with Gasteiger partial charge in [-0.2, -0.15) is 5.26 Å². The van der Waals surface area contributed by atoms with Gasteiger partial charge in [-0.1, -0.05) is 0 Å². The number of piperazine rings is 1. The van der Waals surface area contributed by atoms with Gasteiger partial charge in [0.25, 0.3) is 5.69 Å². The second-order valence-corrected chi connectivity index (χ2v) is 8.30. The van der Waals surface area contributed by atoms with E-state index in [1.54, 1.807) is 24.5 Å². The predicted molar refractivity (Wildman–Crippen MR) is 127 cm³/mol. The summed E-state index contributed by atoms with van der Waals surface area (Å²) in [5, 5.41) is 23.5. The fourth-order valence-corrected chi connectivity index (χ4v) is 4.21. The molecule has 10 heteroatoms. The molecule has 3 aromatic rings. The van der Waals surface area contributed by atoms with Crippen LogP contribution in [0, 0.1) is 35.3 Å². The Bertz CT molecular complexity index is 1220. The number of non-ortho nitro benzene ring substituents is 1. The Morgan fingerprint density at radius 1 is 1.18 bits per heavy atom. The van der Waals surface area contributed by atoms with Gasteiger partial charge in [-0.3, -0.25) is 19.8 Å². The first kappa shape index (κ1) is 23.1. The normalized spacial score (nSPS) is 14.1. The lowest BCUT2D eigenvalue weighted by atomic mass is 10.2. The van der Waals surface area contributed by atoms with Crippen molar-refractivity contribution in [3.63, 3.8) is 0 Å². The van der Waals surface area contributed by atoms with Crippen LogP contribution in [0.2, 0.25) is 0 Å². The number of furan rings is 1. The van der Waals surface area contributed by atoms with E-state index in [2.05, 4.69) is 21.2 Å². The maximum absolute atomic E-state index is 12.9. The van der Waals surface area contributed by atoms with Crippen molar-refractivity contribution in [1.82, 2.24) is 9.47 Å². The first-order chi connectivity index (χ1) is 16.4. The molecule has 4 rings (SSSR count). The van der Waals surface area contributed by atoms with Gasteiger partial charge >= 0.3 is 0 Å². The van der Waals surface area contributed by atoms with E-state index in [9.17, 15) is 20.2 Å². The van der Waals surface area contributed by atoms with Gasteiger partial charge in [0.15, 0.2) is 0 Å². The molecule has 0 spiro atoms. The Balaban J connectivity index is 1.38. The van der Waals surface area contributed by atoms with Crippen LogP contribution in [0.25, 0.3) is 0 Å². The Morgan fingerprint density at radius 3 is 2.47 bits per heavy atom. The van der Waals surface area contributed by atoms with Gasteiger partial charge < -0.3 is 19.2 Å². The SMILES string of the molecule is Cc1c(C#N)c(NC(=O)CN2CCN(c3ccc([N+](=O)[O-])cc3)CC2)n(Cc2ccco2)c1C. The summed E-state index contributed by atoms with van der Waals surface area (Å²) in [6.07, 6.45) is 1.60. The van der Waals surface area contributed by atoms with E-state index in [0.717, 1.165) is 22.7 Å². The molecule has 0 aliphatic carbocycles. The van der Waals surface area contributed by atoms with Crippen molar-refractivity contribution >= 4 is 23.1 Å². The largest absolute Gasteiger partial charge is 0.467 e. The number of rotatable bonds is 7. The number of benzene rings is 1. The molecule has 0 saturated carbocycles. The highest BCUT2D eigenvalue weighted by molar-refractivity contribution is 5.93. The molecule has 34 heavy (non-hydrogen) atoms. The number of nitrogens with one attached hydrogen (secondary N) is 1. The molecular formula is C24H26N6O4. The van der Waals surface area contributed by atoms with Crippen LogP contribution in [0.1, 0.15) is 22.6 Å². The molecule has 1 aliphatic rings. The van der Waals surface area contributed by atoms with Crippen molar-refractivity contribution in [2.24, 2.45) is 0 Å². The number of amides is 1. The molecule has 3 heterocycles. The van der Waals surface area contributed by atoms with E-state index in [1.807, 2.05) is 24.5 Å². The van der Waals surface area contributed by atoms with E-state index in [1.165, 1.54) is 12.1 Å². The standard InChI is InChI=1S/C24H26N6O4/c1-17-18(2)29(15-21-4-3-13-34-21)24(22(17)14-25)26-23(31)16-27-9-11-28(12-10-27)19-5-7-20(8-6-19)30(32)33/h3-8,13H,9-12,15-16H2,1-2H3,(H,26,31). The number of nitro benzene ring substituents is 1. The maximum atomic E-state index is 12.9. The number of anilines is 2. The Hall–Kier alpha value is -4.10. The molecule has 1 N–H and O–H groups in total. The van der Waals surface area contributed by atoms with E-state index in [4.69, 9.17) is 4.42 Å². The monoisotopic (exact) mass is 462 g/mol. The summed E-state index contributed by atoms with van der Waals surface area (Å²) in [7, 11) is 0. The highest BCUT2D eigenvalue weighted by Gasteiger charge is 2.23. The van der Waals surface area contributed by atoms with Crippen molar-refractivity contribution < 1.29 is 14.1 Å². The summed E-state index contributed by atoms with van der Waals surface area (Å²) in [5.74, 6) is 1.04. The van der Waals surface area contributed by atoms with Crippen LogP contribution in [0.15, 0.2) is 47.1 Å². The molecule has 0 unspecified atom stereocenters. The number of nitrogens with zero attached hydrogens (tertiary/aromatic N) is 5. The molecule has 0 radical (unpaired) electrons. The summed E-state index contributed by atoms with van der Waals surface area (Å²) in [5.41, 5.74) is 3.19. The number of carbonyl (C=O) groups excluding carboxylic acids is 1. The lowest BCUT2D eigenvalue weighted by Crippen LogP contribution is -2.48. The Kier molecular flexibility index (Phi) is 6.65. The van der Waals surface area contributed by atoms with Gasteiger partial charge in [0.05, 0.1) is 29.8 Å². The molecule has 1 aromatic carbocycles. The molecule has 1 aliphatic heterocycles. The van der Waals surface area contributed by atoms with Crippen LogP contribution in [0.3, 0.4) is 0 Å². The first-order valence-electron chi connectivity index (χ1n) is 11.0. The number of nitro groups is 1. The van der Waals surface area contributed by atoms with Gasteiger partial charge in [-0.15, -0.1) is 0 Å². The average Bonchev–Trinajstić information content (AvgIpc) is 3.42. The minimum absolute atomic E-state index is 0.0677. The highest BCUT2D eigenvalue weighted by atomic mass is 16.6. The minimum Gasteiger partial charge on any atom is -0.467 e. The smallest absolute Gasteiger partial charge is 0.269 e. The molecule has 176 valence electrons. The van der Waals surface area contributed by atoms with Gasteiger partial charge in [-0.05, 0) is 43.7 Å². The summed E-state index contributed by atoms with van der Waals surface area (Å²) in [6.45, 7) is 7.21. The molecule has 1 fully saturated rings. The third-order valence-corrected chi connectivity index (χ3v) is 6.26. The molecule has 10 nitrogen and oxygen atoms in total. The topological polar surface area (TPSA) is 121 Å². The van der Waals surface area contributed by atoms with Gasteiger partial charge in [-0.25, -0.2) is 0 Å². The second-order valence-electron chi connectivity index (χ2n) is 8.30. The van der Waals surface area contributed by atoms with Gasteiger partial charge in [0, 0.05) is 49.7 Å². The summed E-state index contributed by atoms with van der Waals surface area (Å²) < 4.78 is 7.36. The van der Waals surface area contributed by atoms with E-state index in [0.29, 0.717) is 44.1 Å². The van der Waals surface area contributed by atoms with Crippen molar-refractivity contribution in [3.05, 3.63) is 75.4 Å². The van der Waals surface area contributed by atoms with Crippen molar-refractivity contribution in [2.45, 2.75) is 20.4 Å². The number of aromatic nitrogens is 1. The van der Waals surface area contributed by atoms with Gasteiger partial charge in [0.1, 0.15) is 17.6 Å². The number of carbonyl (C=O) groups is 1. The predicted octanol–water partition coefficient (Wildman–Crippen LogP) is 3.29. The van der Waals surface area contributed by atoms with Crippen LogP contribution >= 0.6 is 0 Å². The zero-order valence-electron chi connectivity index (χ0n) is 19.2. The quantitative estimate of drug-likeness (QED) is 0.422. The van der Waals surface area contributed by atoms with E-state index in [-0.39, 0.29) is 18.1 Å². The molecule has 2 aromatic heterocycles. The summed E-state index contributed by atoms with van der Waals surface area (Å²) in [6, 6.07) is 12.4. The average molecular weight is 463 g/mol. The minimum atomic E-state index is -0.411. The molecule has 1 saturated heterocycles.